The number of ether oxygens (including phenoxy) is 1. The van der Waals surface area contributed by atoms with Crippen LogP contribution in [-0.4, -0.2) is 21.8 Å². The van der Waals surface area contributed by atoms with Crippen LogP contribution in [0.5, 0.6) is 5.75 Å². The molecule has 5 nitrogen and oxygen atoms in total. The van der Waals surface area contributed by atoms with E-state index in [9.17, 15) is 0 Å². The summed E-state index contributed by atoms with van der Waals surface area (Å²) in [6.07, 6.45) is 1.81. The first-order valence-corrected chi connectivity index (χ1v) is 7.61. The molecule has 2 aromatic rings. The molecule has 0 saturated heterocycles. The van der Waals surface area contributed by atoms with Crippen LogP contribution in [0.1, 0.15) is 36.6 Å². The topological polar surface area (TPSA) is 62.8 Å². The molecular formula is C14H17BrN4O. The van der Waals surface area contributed by atoms with Crippen molar-refractivity contribution in [2.75, 3.05) is 6.61 Å². The van der Waals surface area contributed by atoms with Gasteiger partial charge in [-0.2, -0.15) is 5.10 Å². The summed E-state index contributed by atoms with van der Waals surface area (Å²) in [7, 11) is 0. The number of hydrogen-bond acceptors (Lipinski definition) is 4. The van der Waals surface area contributed by atoms with Gasteiger partial charge in [0.2, 0.25) is 0 Å². The van der Waals surface area contributed by atoms with Crippen LogP contribution in [-0.2, 0) is 13.0 Å². The molecule has 0 saturated carbocycles. The van der Waals surface area contributed by atoms with E-state index >= 15 is 0 Å². The van der Waals surface area contributed by atoms with Crippen LogP contribution in [0.15, 0.2) is 22.7 Å². The lowest BCUT2D eigenvalue weighted by atomic mass is 10.0. The molecule has 3 rings (SSSR count). The Labute approximate surface area is 126 Å². The number of H-pyrrole nitrogens is 1. The Balaban J connectivity index is 1.71. The Morgan fingerprint density at radius 2 is 2.40 bits per heavy atom. The molecular weight excluding hydrogens is 320 g/mol. The van der Waals surface area contributed by atoms with Crippen LogP contribution in [0.3, 0.4) is 0 Å². The fraction of sp³-hybridized carbons (Fsp3) is 0.429. The summed E-state index contributed by atoms with van der Waals surface area (Å²) in [4.78, 5) is 4.42. The third kappa shape index (κ3) is 2.86. The van der Waals surface area contributed by atoms with Crippen molar-refractivity contribution in [2.45, 2.75) is 32.4 Å². The van der Waals surface area contributed by atoms with Gasteiger partial charge in [-0.3, -0.25) is 5.10 Å². The maximum atomic E-state index is 5.69. The molecule has 1 atom stereocenters. The second-order valence-corrected chi connectivity index (χ2v) is 5.72. The zero-order valence-corrected chi connectivity index (χ0v) is 12.9. The third-order valence-corrected chi connectivity index (χ3v) is 3.91. The van der Waals surface area contributed by atoms with Crippen molar-refractivity contribution >= 4 is 15.9 Å². The molecule has 106 valence electrons. The fourth-order valence-corrected chi connectivity index (χ4v) is 2.75. The van der Waals surface area contributed by atoms with E-state index in [1.165, 1.54) is 5.56 Å². The SMILES string of the molecule is CCc1n[nH]c(CN[C@@H]2CCOc3ccc(Br)cc32)n1. The summed E-state index contributed by atoms with van der Waals surface area (Å²) in [6, 6.07) is 6.41. The quantitative estimate of drug-likeness (QED) is 0.901. The number of aryl methyl sites for hydroxylation is 1. The van der Waals surface area contributed by atoms with Crippen LogP contribution in [0.25, 0.3) is 0 Å². The lowest BCUT2D eigenvalue weighted by Crippen LogP contribution is -2.27. The lowest BCUT2D eigenvalue weighted by Gasteiger charge is -2.26. The van der Waals surface area contributed by atoms with Gasteiger partial charge in [-0.15, -0.1) is 0 Å². The zero-order valence-electron chi connectivity index (χ0n) is 11.3. The Morgan fingerprint density at radius 3 is 3.20 bits per heavy atom. The number of fused-ring (bicyclic) bond motifs is 1. The summed E-state index contributed by atoms with van der Waals surface area (Å²) in [6.45, 7) is 3.47. The highest BCUT2D eigenvalue weighted by Crippen LogP contribution is 2.34. The van der Waals surface area contributed by atoms with Gasteiger partial charge in [0.1, 0.15) is 17.4 Å². The van der Waals surface area contributed by atoms with E-state index in [1.54, 1.807) is 0 Å². The number of nitrogens with one attached hydrogen (secondary N) is 2. The molecule has 0 bridgehead atoms. The highest BCUT2D eigenvalue weighted by molar-refractivity contribution is 9.10. The molecule has 2 N–H and O–H groups in total. The van der Waals surface area contributed by atoms with Crippen LogP contribution in [0.4, 0.5) is 0 Å². The number of halogens is 1. The van der Waals surface area contributed by atoms with Crippen molar-refractivity contribution in [3.8, 4) is 5.75 Å². The molecule has 0 unspecified atom stereocenters. The van der Waals surface area contributed by atoms with E-state index in [-0.39, 0.29) is 6.04 Å². The molecule has 1 aromatic carbocycles. The minimum absolute atomic E-state index is 0.284. The van der Waals surface area contributed by atoms with E-state index in [0.717, 1.165) is 41.3 Å². The summed E-state index contributed by atoms with van der Waals surface area (Å²) in [5, 5.41) is 10.6. The second kappa shape index (κ2) is 5.93. The number of nitrogens with zero attached hydrogens (tertiary/aromatic N) is 2. The normalized spacial score (nSPS) is 17.6. The van der Waals surface area contributed by atoms with Crippen LogP contribution < -0.4 is 10.1 Å². The molecule has 0 radical (unpaired) electrons. The van der Waals surface area contributed by atoms with Crippen LogP contribution >= 0.6 is 15.9 Å². The summed E-state index contributed by atoms with van der Waals surface area (Å²) >= 11 is 3.51. The Morgan fingerprint density at radius 1 is 1.50 bits per heavy atom. The predicted octanol–water partition coefficient (Wildman–Crippen LogP) is 2.74. The summed E-state index contributed by atoms with van der Waals surface area (Å²) < 4.78 is 6.76. The highest BCUT2D eigenvalue weighted by Gasteiger charge is 2.21. The van der Waals surface area contributed by atoms with E-state index < -0.39 is 0 Å². The Hall–Kier alpha value is -1.40. The van der Waals surface area contributed by atoms with Crippen molar-refractivity contribution in [3.63, 3.8) is 0 Å². The molecule has 0 spiro atoms. The van der Waals surface area contributed by atoms with E-state index in [0.29, 0.717) is 6.54 Å². The maximum absolute atomic E-state index is 5.69. The molecule has 1 aliphatic rings. The van der Waals surface area contributed by atoms with Crippen molar-refractivity contribution in [3.05, 3.63) is 39.9 Å². The monoisotopic (exact) mass is 336 g/mol. The van der Waals surface area contributed by atoms with Gasteiger partial charge in [0, 0.05) is 28.9 Å². The zero-order chi connectivity index (χ0) is 13.9. The van der Waals surface area contributed by atoms with Gasteiger partial charge >= 0.3 is 0 Å². The first kappa shape index (κ1) is 13.6. The van der Waals surface area contributed by atoms with Gasteiger partial charge in [-0.05, 0) is 18.2 Å². The smallest absolute Gasteiger partial charge is 0.150 e. The van der Waals surface area contributed by atoms with E-state index in [4.69, 9.17) is 4.74 Å². The Kier molecular flexibility index (Phi) is 4.03. The molecule has 0 fully saturated rings. The molecule has 1 aromatic heterocycles. The molecule has 1 aliphatic heterocycles. The summed E-state index contributed by atoms with van der Waals surface area (Å²) in [5.41, 5.74) is 1.20. The van der Waals surface area contributed by atoms with Crippen LogP contribution in [0, 0.1) is 0 Å². The van der Waals surface area contributed by atoms with E-state index in [1.807, 2.05) is 19.1 Å². The van der Waals surface area contributed by atoms with Gasteiger partial charge in [-0.25, -0.2) is 4.98 Å². The van der Waals surface area contributed by atoms with Gasteiger partial charge in [0.15, 0.2) is 0 Å². The minimum Gasteiger partial charge on any atom is -0.493 e. The fourth-order valence-electron chi connectivity index (χ4n) is 2.37. The number of aromatic nitrogens is 3. The van der Waals surface area contributed by atoms with Gasteiger partial charge in [-0.1, -0.05) is 22.9 Å². The number of aromatic amines is 1. The molecule has 0 amide bonds. The predicted molar refractivity (Wildman–Crippen MR) is 79.6 cm³/mol. The lowest BCUT2D eigenvalue weighted by molar-refractivity contribution is 0.251. The van der Waals surface area contributed by atoms with Crippen molar-refractivity contribution in [1.82, 2.24) is 20.5 Å². The third-order valence-electron chi connectivity index (χ3n) is 3.42. The van der Waals surface area contributed by atoms with Gasteiger partial charge in [0.05, 0.1) is 13.2 Å². The highest BCUT2D eigenvalue weighted by atomic mass is 79.9. The minimum atomic E-state index is 0.284. The first-order valence-electron chi connectivity index (χ1n) is 6.82. The molecule has 2 heterocycles. The average Bonchev–Trinajstić information content (AvgIpc) is 2.93. The number of hydrogen-bond donors (Lipinski definition) is 2. The maximum Gasteiger partial charge on any atom is 0.150 e. The second-order valence-electron chi connectivity index (χ2n) is 4.80. The van der Waals surface area contributed by atoms with Gasteiger partial charge in [0.25, 0.3) is 0 Å². The summed E-state index contributed by atoms with van der Waals surface area (Å²) in [5.74, 6) is 2.70. The van der Waals surface area contributed by atoms with Crippen molar-refractivity contribution in [2.24, 2.45) is 0 Å². The molecule has 6 heteroatoms. The average molecular weight is 337 g/mol. The first-order chi connectivity index (χ1) is 9.76. The molecule has 0 aliphatic carbocycles. The Bertz CT molecular complexity index is 599. The standard InChI is InChI=1S/C14H17BrN4O/c1-2-13-17-14(19-18-13)8-16-11-5-6-20-12-4-3-9(15)7-10(11)12/h3-4,7,11,16H,2,5-6,8H2,1H3,(H,17,18,19)/t11-/m1/s1. The largest absolute Gasteiger partial charge is 0.493 e. The van der Waals surface area contributed by atoms with E-state index in [2.05, 4.69) is 42.5 Å². The number of rotatable bonds is 4. The number of benzene rings is 1. The molecule has 20 heavy (non-hydrogen) atoms. The van der Waals surface area contributed by atoms with Crippen LogP contribution in [0.2, 0.25) is 0 Å². The van der Waals surface area contributed by atoms with Gasteiger partial charge < -0.3 is 10.1 Å². The van der Waals surface area contributed by atoms with Crippen molar-refractivity contribution in [1.29, 1.82) is 0 Å². The van der Waals surface area contributed by atoms with Crippen molar-refractivity contribution < 1.29 is 4.74 Å².